The highest BCUT2D eigenvalue weighted by Gasteiger charge is 2.18. The zero-order chi connectivity index (χ0) is 14.0. The molecule has 0 amide bonds. The number of carbonyl (C=O) groups is 1. The third-order valence-corrected chi connectivity index (χ3v) is 2.61. The van der Waals surface area contributed by atoms with Gasteiger partial charge in [0, 0.05) is 0 Å². The summed E-state index contributed by atoms with van der Waals surface area (Å²) in [6.07, 6.45) is 0. The van der Waals surface area contributed by atoms with E-state index in [0.717, 1.165) is 0 Å². The Morgan fingerprint density at radius 1 is 1.05 bits per heavy atom. The maximum Gasteiger partial charge on any atom is 0.354 e. The number of carboxylic acids is 1. The van der Waals surface area contributed by atoms with E-state index < -0.39 is 11.6 Å². The molecule has 0 unspecified atom stereocenters. The van der Waals surface area contributed by atoms with E-state index >= 15 is 0 Å². The van der Waals surface area contributed by atoms with Crippen LogP contribution in [-0.2, 0) is 5.60 Å². The Bertz CT molecular complexity index is 618. The fourth-order valence-electron chi connectivity index (χ4n) is 1.61. The van der Waals surface area contributed by atoms with Crippen LogP contribution >= 0.6 is 0 Å². The van der Waals surface area contributed by atoms with Crippen molar-refractivity contribution < 1.29 is 15.0 Å². The molecule has 0 spiro atoms. The third kappa shape index (κ3) is 2.95. The van der Waals surface area contributed by atoms with Crippen molar-refractivity contribution in [3.8, 4) is 11.4 Å². The van der Waals surface area contributed by atoms with Gasteiger partial charge in [-0.2, -0.15) is 0 Å². The highest BCUT2D eigenvalue weighted by molar-refractivity contribution is 5.85. The number of aromatic carboxylic acids is 1. The molecule has 0 saturated carbocycles. The maximum absolute atomic E-state index is 10.9. The van der Waals surface area contributed by atoms with Crippen molar-refractivity contribution in [2.75, 3.05) is 0 Å². The van der Waals surface area contributed by atoms with Crippen LogP contribution in [0.3, 0.4) is 0 Å². The molecule has 0 fully saturated rings. The molecule has 2 N–H and O–H groups in total. The molecule has 19 heavy (non-hydrogen) atoms. The molecular weight excluding hydrogens is 244 g/mol. The highest BCUT2D eigenvalue weighted by atomic mass is 16.4. The SMILES string of the molecule is CC(C)(O)c1cccc(-c2cccc(C(=O)O)n2)n1. The van der Waals surface area contributed by atoms with Crippen LogP contribution in [0.5, 0.6) is 0 Å². The molecule has 0 aromatic carbocycles. The maximum atomic E-state index is 10.9. The van der Waals surface area contributed by atoms with Gasteiger partial charge in [-0.3, -0.25) is 0 Å². The molecule has 98 valence electrons. The van der Waals surface area contributed by atoms with Crippen molar-refractivity contribution >= 4 is 5.97 Å². The molecule has 0 aliphatic rings. The smallest absolute Gasteiger partial charge is 0.354 e. The molecule has 0 atom stereocenters. The van der Waals surface area contributed by atoms with Crippen LogP contribution in [0.25, 0.3) is 11.4 Å². The number of aliphatic hydroxyl groups is 1. The number of carboxylic acid groups (broad SMARTS) is 1. The summed E-state index contributed by atoms with van der Waals surface area (Å²) < 4.78 is 0. The van der Waals surface area contributed by atoms with Gasteiger partial charge in [-0.25, -0.2) is 14.8 Å². The van der Waals surface area contributed by atoms with E-state index in [1.165, 1.54) is 6.07 Å². The van der Waals surface area contributed by atoms with E-state index in [4.69, 9.17) is 5.11 Å². The molecule has 0 radical (unpaired) electrons. The van der Waals surface area contributed by atoms with Gasteiger partial charge in [0.15, 0.2) is 0 Å². The lowest BCUT2D eigenvalue weighted by Gasteiger charge is -2.17. The number of aromatic nitrogens is 2. The van der Waals surface area contributed by atoms with Crippen molar-refractivity contribution in [3.63, 3.8) is 0 Å². The molecule has 0 saturated heterocycles. The molecule has 5 nitrogen and oxygen atoms in total. The van der Waals surface area contributed by atoms with Gasteiger partial charge in [0.1, 0.15) is 11.3 Å². The number of pyridine rings is 2. The number of rotatable bonds is 3. The molecule has 2 heterocycles. The van der Waals surface area contributed by atoms with Gasteiger partial charge in [-0.05, 0) is 38.1 Å². The quantitative estimate of drug-likeness (QED) is 0.880. The van der Waals surface area contributed by atoms with E-state index in [1.54, 1.807) is 44.2 Å². The predicted molar refractivity (Wildman–Crippen MR) is 69.7 cm³/mol. The van der Waals surface area contributed by atoms with Gasteiger partial charge < -0.3 is 10.2 Å². The van der Waals surface area contributed by atoms with Crippen LogP contribution < -0.4 is 0 Å². The number of hydrogen-bond donors (Lipinski definition) is 2. The molecule has 0 bridgehead atoms. The zero-order valence-electron chi connectivity index (χ0n) is 10.7. The van der Waals surface area contributed by atoms with Crippen molar-refractivity contribution in [3.05, 3.63) is 47.8 Å². The van der Waals surface area contributed by atoms with Crippen molar-refractivity contribution in [1.29, 1.82) is 0 Å². The Hall–Kier alpha value is -2.27. The fraction of sp³-hybridized carbons (Fsp3) is 0.214. The fourth-order valence-corrected chi connectivity index (χ4v) is 1.61. The Balaban J connectivity index is 2.48. The van der Waals surface area contributed by atoms with Crippen molar-refractivity contribution in [2.45, 2.75) is 19.4 Å². The highest BCUT2D eigenvalue weighted by Crippen LogP contribution is 2.21. The molecule has 2 aromatic rings. The van der Waals surface area contributed by atoms with Crippen molar-refractivity contribution in [2.24, 2.45) is 0 Å². The Labute approximate surface area is 110 Å². The minimum absolute atomic E-state index is 0.0343. The summed E-state index contributed by atoms with van der Waals surface area (Å²) in [7, 11) is 0. The van der Waals surface area contributed by atoms with Crippen LogP contribution in [0.15, 0.2) is 36.4 Å². The molecular formula is C14H14N2O3. The third-order valence-electron chi connectivity index (χ3n) is 2.61. The minimum atomic E-state index is -1.08. The van der Waals surface area contributed by atoms with E-state index in [1.807, 2.05) is 0 Å². The second-order valence-corrected chi connectivity index (χ2v) is 4.68. The van der Waals surface area contributed by atoms with Crippen LogP contribution in [0.1, 0.15) is 30.0 Å². The van der Waals surface area contributed by atoms with E-state index in [0.29, 0.717) is 17.1 Å². The molecule has 0 aliphatic carbocycles. The van der Waals surface area contributed by atoms with Gasteiger partial charge >= 0.3 is 5.97 Å². The lowest BCUT2D eigenvalue weighted by atomic mass is 10.0. The molecule has 2 rings (SSSR count). The Kier molecular flexibility index (Phi) is 3.31. The minimum Gasteiger partial charge on any atom is -0.477 e. The lowest BCUT2D eigenvalue weighted by Crippen LogP contribution is -2.17. The summed E-state index contributed by atoms with van der Waals surface area (Å²) in [5.74, 6) is -1.08. The number of nitrogens with zero attached hydrogens (tertiary/aromatic N) is 2. The summed E-state index contributed by atoms with van der Waals surface area (Å²) in [6.45, 7) is 3.28. The van der Waals surface area contributed by atoms with E-state index in [-0.39, 0.29) is 5.69 Å². The van der Waals surface area contributed by atoms with E-state index in [9.17, 15) is 9.90 Å². The van der Waals surface area contributed by atoms with Gasteiger partial charge in [-0.1, -0.05) is 12.1 Å². The molecule has 5 heteroatoms. The van der Waals surface area contributed by atoms with Crippen LogP contribution in [0.4, 0.5) is 0 Å². The van der Waals surface area contributed by atoms with Crippen LogP contribution in [-0.4, -0.2) is 26.2 Å². The first-order valence-corrected chi connectivity index (χ1v) is 5.78. The lowest BCUT2D eigenvalue weighted by molar-refractivity contribution is 0.0689. The van der Waals surface area contributed by atoms with Crippen LogP contribution in [0, 0.1) is 0 Å². The first-order chi connectivity index (χ1) is 8.88. The summed E-state index contributed by atoms with van der Waals surface area (Å²) in [6, 6.07) is 9.91. The molecule has 2 aromatic heterocycles. The van der Waals surface area contributed by atoms with Crippen LogP contribution in [0.2, 0.25) is 0 Å². The average molecular weight is 258 g/mol. The average Bonchev–Trinajstić information content (AvgIpc) is 2.38. The summed E-state index contributed by atoms with van der Waals surface area (Å²) >= 11 is 0. The first kappa shape index (κ1) is 13.2. The monoisotopic (exact) mass is 258 g/mol. The summed E-state index contributed by atoms with van der Waals surface area (Å²) in [5.41, 5.74) is 0.412. The first-order valence-electron chi connectivity index (χ1n) is 5.78. The standard InChI is InChI=1S/C14H14N2O3/c1-14(2,19)12-8-4-6-10(16-12)9-5-3-7-11(15-9)13(17)18/h3-8,19H,1-2H3,(H,17,18). The Morgan fingerprint density at radius 3 is 2.21 bits per heavy atom. The van der Waals surface area contributed by atoms with E-state index in [2.05, 4.69) is 9.97 Å². The normalized spacial score (nSPS) is 11.3. The van der Waals surface area contributed by atoms with Gasteiger partial charge in [0.2, 0.25) is 0 Å². The summed E-state index contributed by atoms with van der Waals surface area (Å²) in [4.78, 5) is 19.2. The zero-order valence-corrected chi connectivity index (χ0v) is 10.7. The van der Waals surface area contributed by atoms with Gasteiger partial charge in [0.05, 0.1) is 17.1 Å². The second kappa shape index (κ2) is 4.78. The topological polar surface area (TPSA) is 83.3 Å². The number of hydrogen-bond acceptors (Lipinski definition) is 4. The predicted octanol–water partition coefficient (Wildman–Crippen LogP) is 2.07. The van der Waals surface area contributed by atoms with Gasteiger partial charge in [0.25, 0.3) is 0 Å². The van der Waals surface area contributed by atoms with Gasteiger partial charge in [-0.15, -0.1) is 0 Å². The molecule has 0 aliphatic heterocycles. The second-order valence-electron chi connectivity index (χ2n) is 4.68. The summed E-state index contributed by atoms with van der Waals surface area (Å²) in [5, 5.41) is 18.8. The van der Waals surface area contributed by atoms with Crippen molar-refractivity contribution in [1.82, 2.24) is 9.97 Å². The Morgan fingerprint density at radius 2 is 1.63 bits per heavy atom. The largest absolute Gasteiger partial charge is 0.477 e.